The number of hydrogen-bond acceptors (Lipinski definition) is 1. The summed E-state index contributed by atoms with van der Waals surface area (Å²) in [5.41, 5.74) is 4.09. The molecule has 0 heterocycles. The van der Waals surface area contributed by atoms with E-state index >= 15 is 0 Å². The summed E-state index contributed by atoms with van der Waals surface area (Å²) in [5, 5.41) is 8.80. The second-order valence-corrected chi connectivity index (χ2v) is 9.55. The van der Waals surface area contributed by atoms with Crippen LogP contribution in [-0.2, 0) is 12.8 Å². The molecule has 0 bridgehead atoms. The van der Waals surface area contributed by atoms with Gasteiger partial charge in [0.15, 0.2) is 0 Å². The minimum Gasteiger partial charge on any atom is -0.205 e. The first-order chi connectivity index (χ1) is 16.0. The van der Waals surface area contributed by atoms with Gasteiger partial charge in [0.2, 0.25) is 0 Å². The molecule has 0 amide bonds. The molecule has 4 rings (SSSR count). The van der Waals surface area contributed by atoms with Crippen LogP contribution in [0.4, 0.5) is 8.78 Å². The first-order valence-corrected chi connectivity index (χ1v) is 12.0. The monoisotopic (exact) mass is 443 g/mol. The van der Waals surface area contributed by atoms with Gasteiger partial charge in [-0.15, -0.1) is 0 Å². The molecule has 0 unspecified atom stereocenters. The van der Waals surface area contributed by atoms with Gasteiger partial charge in [-0.3, -0.25) is 0 Å². The number of aryl methyl sites for hydroxylation is 2. The van der Waals surface area contributed by atoms with E-state index < -0.39 is 17.2 Å². The van der Waals surface area contributed by atoms with Gasteiger partial charge >= 0.3 is 0 Å². The van der Waals surface area contributed by atoms with Crippen molar-refractivity contribution in [1.29, 1.82) is 5.26 Å². The maximum absolute atomic E-state index is 13.8. The standard InChI is InChI=1S/C30H31F2N/c1-21(25-5-3-2-4-6-25)17-23-11-15-27(16-12-23)26-13-9-22(10-14-26)7-8-24-18-29(31)28(20-33)30(32)19-24/h2-6,9-10,13-14,18-19,21,23,27H,7-8,11-12,15-17H2,1H3/t21-,23?,27?/m0/s1. The smallest absolute Gasteiger partial charge is 0.144 e. The van der Waals surface area contributed by atoms with Gasteiger partial charge < -0.3 is 0 Å². The van der Waals surface area contributed by atoms with Crippen molar-refractivity contribution >= 4 is 0 Å². The quantitative estimate of drug-likeness (QED) is 0.362. The van der Waals surface area contributed by atoms with Crippen molar-refractivity contribution in [3.63, 3.8) is 0 Å². The predicted molar refractivity (Wildman–Crippen MR) is 129 cm³/mol. The third-order valence-corrected chi connectivity index (χ3v) is 7.27. The van der Waals surface area contributed by atoms with E-state index in [4.69, 9.17) is 5.26 Å². The highest BCUT2D eigenvalue weighted by atomic mass is 19.1. The summed E-state index contributed by atoms with van der Waals surface area (Å²) in [4.78, 5) is 0. The van der Waals surface area contributed by atoms with Crippen LogP contribution in [0.3, 0.4) is 0 Å². The SMILES string of the molecule is C[C@@H](CC1CCC(c2ccc(CCc3cc(F)c(C#N)c(F)c3)cc2)CC1)c1ccccc1. The predicted octanol–water partition coefficient (Wildman–Crippen LogP) is 8.09. The molecule has 3 aromatic carbocycles. The third-order valence-electron chi connectivity index (χ3n) is 7.27. The van der Waals surface area contributed by atoms with Crippen LogP contribution in [0.15, 0.2) is 66.7 Å². The van der Waals surface area contributed by atoms with Crippen LogP contribution in [0.1, 0.15) is 78.7 Å². The van der Waals surface area contributed by atoms with Gasteiger partial charge in [-0.25, -0.2) is 8.78 Å². The van der Waals surface area contributed by atoms with Crippen molar-refractivity contribution in [2.75, 3.05) is 0 Å². The molecular weight excluding hydrogens is 412 g/mol. The number of benzene rings is 3. The van der Waals surface area contributed by atoms with Crippen molar-refractivity contribution in [3.05, 3.63) is 106 Å². The molecular formula is C30H31F2N. The molecule has 0 N–H and O–H groups in total. The Bertz CT molecular complexity index is 1070. The molecule has 1 fully saturated rings. The fourth-order valence-corrected chi connectivity index (χ4v) is 5.27. The number of nitrogens with zero attached hydrogens (tertiary/aromatic N) is 1. The molecule has 0 saturated heterocycles. The Hall–Kier alpha value is -2.99. The molecule has 1 nitrogen and oxygen atoms in total. The van der Waals surface area contributed by atoms with Gasteiger partial charge in [0.05, 0.1) is 0 Å². The topological polar surface area (TPSA) is 23.8 Å². The first kappa shape index (κ1) is 23.2. The molecule has 0 radical (unpaired) electrons. The highest BCUT2D eigenvalue weighted by molar-refractivity contribution is 5.36. The number of nitriles is 1. The molecule has 1 saturated carbocycles. The second kappa shape index (κ2) is 10.8. The normalized spacial score (nSPS) is 19.1. The largest absolute Gasteiger partial charge is 0.205 e. The Labute approximate surface area is 196 Å². The van der Waals surface area contributed by atoms with E-state index in [1.165, 1.54) is 55.4 Å². The van der Waals surface area contributed by atoms with Gasteiger partial charge in [0, 0.05) is 0 Å². The van der Waals surface area contributed by atoms with Gasteiger partial charge in [0.1, 0.15) is 23.3 Å². The fraction of sp³-hybridized carbons (Fsp3) is 0.367. The molecule has 170 valence electrons. The van der Waals surface area contributed by atoms with E-state index in [0.717, 1.165) is 17.9 Å². The van der Waals surface area contributed by atoms with Crippen molar-refractivity contribution < 1.29 is 8.78 Å². The van der Waals surface area contributed by atoms with Gasteiger partial charge in [-0.2, -0.15) is 5.26 Å². The van der Waals surface area contributed by atoms with Gasteiger partial charge in [-0.05, 0) is 97.1 Å². The maximum Gasteiger partial charge on any atom is 0.144 e. The van der Waals surface area contributed by atoms with E-state index in [2.05, 4.69) is 61.5 Å². The van der Waals surface area contributed by atoms with Crippen molar-refractivity contribution in [1.82, 2.24) is 0 Å². The second-order valence-electron chi connectivity index (χ2n) is 9.55. The van der Waals surface area contributed by atoms with E-state index in [1.54, 1.807) is 6.07 Å². The van der Waals surface area contributed by atoms with Crippen LogP contribution in [0.25, 0.3) is 0 Å². The van der Waals surface area contributed by atoms with Crippen LogP contribution in [0, 0.1) is 28.9 Å². The van der Waals surface area contributed by atoms with E-state index in [-0.39, 0.29) is 0 Å². The summed E-state index contributed by atoms with van der Waals surface area (Å²) >= 11 is 0. The highest BCUT2D eigenvalue weighted by Crippen LogP contribution is 2.39. The molecule has 3 heteroatoms. The zero-order chi connectivity index (χ0) is 23.2. The summed E-state index contributed by atoms with van der Waals surface area (Å²) in [6.07, 6.45) is 7.61. The molecule has 0 aromatic heterocycles. The molecule has 33 heavy (non-hydrogen) atoms. The van der Waals surface area contributed by atoms with Crippen LogP contribution >= 0.6 is 0 Å². The Morgan fingerprint density at radius 3 is 2.06 bits per heavy atom. The molecule has 1 atom stereocenters. The summed E-state index contributed by atoms with van der Waals surface area (Å²) in [7, 11) is 0. The molecule has 3 aromatic rings. The average Bonchev–Trinajstić information content (AvgIpc) is 2.84. The van der Waals surface area contributed by atoms with E-state index in [1.807, 2.05) is 0 Å². The summed E-state index contributed by atoms with van der Waals surface area (Å²) in [6.45, 7) is 2.35. The first-order valence-electron chi connectivity index (χ1n) is 12.0. The Kier molecular flexibility index (Phi) is 7.55. The lowest BCUT2D eigenvalue weighted by Gasteiger charge is -2.30. The van der Waals surface area contributed by atoms with E-state index in [0.29, 0.717) is 23.8 Å². The van der Waals surface area contributed by atoms with Crippen LogP contribution in [0.5, 0.6) is 0 Å². The lowest BCUT2D eigenvalue weighted by Crippen LogP contribution is -2.15. The third kappa shape index (κ3) is 5.88. The van der Waals surface area contributed by atoms with Crippen LogP contribution in [-0.4, -0.2) is 0 Å². The number of hydrogen-bond donors (Lipinski definition) is 0. The zero-order valence-corrected chi connectivity index (χ0v) is 19.2. The van der Waals surface area contributed by atoms with Crippen molar-refractivity contribution in [2.45, 2.75) is 63.7 Å². The van der Waals surface area contributed by atoms with Crippen molar-refractivity contribution in [3.8, 4) is 6.07 Å². The van der Waals surface area contributed by atoms with Crippen LogP contribution < -0.4 is 0 Å². The molecule has 1 aliphatic rings. The number of halogens is 2. The summed E-state index contributed by atoms with van der Waals surface area (Å²) in [6, 6.07) is 23.7. The average molecular weight is 444 g/mol. The van der Waals surface area contributed by atoms with Crippen molar-refractivity contribution in [2.24, 2.45) is 5.92 Å². The minimum atomic E-state index is -0.781. The highest BCUT2D eigenvalue weighted by Gasteiger charge is 2.24. The van der Waals surface area contributed by atoms with E-state index in [9.17, 15) is 8.78 Å². The maximum atomic E-state index is 13.8. The molecule has 0 spiro atoms. The summed E-state index contributed by atoms with van der Waals surface area (Å²) in [5.74, 6) is 0.492. The minimum absolute atomic E-state index is 0.507. The lowest BCUT2D eigenvalue weighted by molar-refractivity contribution is 0.297. The summed E-state index contributed by atoms with van der Waals surface area (Å²) < 4.78 is 27.6. The molecule has 0 aliphatic heterocycles. The van der Waals surface area contributed by atoms with Gasteiger partial charge in [-0.1, -0.05) is 61.5 Å². The number of rotatable bonds is 7. The Balaban J connectivity index is 1.27. The van der Waals surface area contributed by atoms with Crippen LogP contribution in [0.2, 0.25) is 0 Å². The fourth-order valence-electron chi connectivity index (χ4n) is 5.27. The molecule has 1 aliphatic carbocycles. The zero-order valence-electron chi connectivity index (χ0n) is 19.2. The Morgan fingerprint density at radius 2 is 1.45 bits per heavy atom. The Morgan fingerprint density at radius 1 is 0.848 bits per heavy atom. The lowest BCUT2D eigenvalue weighted by atomic mass is 9.75. The van der Waals surface area contributed by atoms with Gasteiger partial charge in [0.25, 0.3) is 0 Å².